The molecule has 0 aliphatic rings. The maximum atomic E-state index is 8.44. The maximum Gasteiger partial charge on any atom is 1.00 e. The average Bonchev–Trinajstić information content (AvgIpc) is 2.02. The van der Waals surface area contributed by atoms with Crippen molar-refractivity contribution < 1.29 is 92.7 Å². The molecule has 0 unspecified atom stereocenters. The van der Waals surface area contributed by atoms with Gasteiger partial charge < -0.3 is 9.11 Å². The van der Waals surface area contributed by atoms with Crippen molar-refractivity contribution in [3.05, 3.63) is 0 Å². The van der Waals surface area contributed by atoms with Crippen molar-refractivity contribution in [3.63, 3.8) is 0 Å². The van der Waals surface area contributed by atoms with Gasteiger partial charge in [-0.1, -0.05) is 0 Å². The number of rotatable bonds is 0. The summed E-state index contributed by atoms with van der Waals surface area (Å²) in [4.78, 5) is 7.88. The van der Waals surface area contributed by atoms with Crippen LogP contribution in [0.15, 0.2) is 0 Å². The van der Waals surface area contributed by atoms with E-state index in [-0.39, 0.29) is 59.1 Å². The molecule has 7 nitrogen and oxygen atoms in total. The van der Waals surface area contributed by atoms with E-state index >= 15 is 0 Å². The third-order valence-corrected chi connectivity index (χ3v) is 0.548. The first-order valence-corrected chi connectivity index (χ1v) is 5.27. The Morgan fingerprint density at radius 1 is 0.833 bits per heavy atom. The molecule has 0 spiro atoms. The topological polar surface area (TPSA) is 122 Å². The Balaban J connectivity index is -0.0000000454. The normalized spacial score (nSPS) is 9.94. The fourth-order valence-corrected chi connectivity index (χ4v) is 0. The molecule has 0 aromatic carbocycles. The molecule has 0 aromatic rings. The van der Waals surface area contributed by atoms with Gasteiger partial charge in [0.2, 0.25) is 0 Å². The van der Waals surface area contributed by atoms with Crippen molar-refractivity contribution >= 4 is 11.4 Å². The standard InChI is InChI=1S/2C4H10O2.2Na.H2O3S/c2*1-4(2,3)6-5;;;1-4(2)3/h2*5H,1-3H3;;;(H2,1,2,3)/q;;2*+1;/p-2. The fraction of sp³-hybridized carbons (Fsp3) is 1.00. The molecule has 10 heteroatoms. The van der Waals surface area contributed by atoms with Gasteiger partial charge in [0.05, 0.1) is 11.2 Å². The van der Waals surface area contributed by atoms with Crippen LogP contribution in [0.25, 0.3) is 0 Å². The second kappa shape index (κ2) is 17.0. The minimum atomic E-state index is -3.11. The molecule has 0 fully saturated rings. The van der Waals surface area contributed by atoms with Crippen molar-refractivity contribution in [3.8, 4) is 0 Å². The van der Waals surface area contributed by atoms with Gasteiger partial charge in [-0.25, -0.2) is 9.78 Å². The summed E-state index contributed by atoms with van der Waals surface area (Å²) in [5, 5.41) is 15.8. The Bertz CT molecular complexity index is 161. The minimum absolute atomic E-state index is 0. The zero-order valence-corrected chi connectivity index (χ0v) is 17.2. The summed E-state index contributed by atoms with van der Waals surface area (Å²) in [5.74, 6) is 0. The van der Waals surface area contributed by atoms with Crippen LogP contribution in [0.4, 0.5) is 0 Å². The monoisotopic (exact) mass is 306 g/mol. The summed E-state index contributed by atoms with van der Waals surface area (Å²) in [5.41, 5.74) is -0.806. The summed E-state index contributed by atoms with van der Waals surface area (Å²) < 4.78 is 25.3. The van der Waals surface area contributed by atoms with E-state index in [0.717, 1.165) is 0 Å². The molecular formula is C8H20Na2O7S. The van der Waals surface area contributed by atoms with Crippen LogP contribution in [-0.4, -0.2) is 35.0 Å². The Kier molecular flexibility index (Phi) is 30.2. The molecule has 0 bridgehead atoms. The van der Waals surface area contributed by atoms with Crippen LogP contribution in [0.5, 0.6) is 0 Å². The van der Waals surface area contributed by atoms with Crippen LogP contribution in [0, 0.1) is 0 Å². The van der Waals surface area contributed by atoms with E-state index < -0.39 is 22.6 Å². The Morgan fingerprint density at radius 3 is 0.889 bits per heavy atom. The van der Waals surface area contributed by atoms with Gasteiger partial charge in [0.15, 0.2) is 0 Å². The molecule has 0 saturated carbocycles. The van der Waals surface area contributed by atoms with Gasteiger partial charge in [-0.3, -0.25) is 14.7 Å². The van der Waals surface area contributed by atoms with Crippen molar-refractivity contribution in [1.82, 2.24) is 0 Å². The number of hydrogen-bond donors (Lipinski definition) is 2. The summed E-state index contributed by atoms with van der Waals surface area (Å²) in [7, 11) is 0. The molecule has 0 atom stereocenters. The van der Waals surface area contributed by atoms with Gasteiger partial charge in [0.25, 0.3) is 0 Å². The van der Waals surface area contributed by atoms with Crippen LogP contribution in [0.1, 0.15) is 41.5 Å². The Hall–Kier alpha value is 1.91. The predicted octanol–water partition coefficient (Wildman–Crippen LogP) is -4.45. The van der Waals surface area contributed by atoms with Gasteiger partial charge in [-0.2, -0.15) is 0 Å². The van der Waals surface area contributed by atoms with Crippen molar-refractivity contribution in [1.29, 1.82) is 0 Å². The smallest absolute Gasteiger partial charge is 0.784 e. The largest absolute Gasteiger partial charge is 1.00 e. The quantitative estimate of drug-likeness (QED) is 0.200. The molecule has 0 amide bonds. The molecular weight excluding hydrogens is 286 g/mol. The van der Waals surface area contributed by atoms with Crippen LogP contribution in [-0.2, 0) is 21.1 Å². The third kappa shape index (κ3) is 81.9. The summed E-state index contributed by atoms with van der Waals surface area (Å²) in [6.07, 6.45) is 0. The summed E-state index contributed by atoms with van der Waals surface area (Å²) in [6.45, 7) is 10.6. The van der Waals surface area contributed by atoms with Gasteiger partial charge in [0, 0.05) is 0 Å². The SMILES string of the molecule is CC(C)(C)OO.CC(C)(C)OO.O=S([O-])[O-].[Na+].[Na+]. The van der Waals surface area contributed by atoms with E-state index in [4.69, 9.17) is 23.8 Å². The van der Waals surface area contributed by atoms with Gasteiger partial charge in [0.1, 0.15) is 0 Å². The zero-order valence-electron chi connectivity index (χ0n) is 12.3. The van der Waals surface area contributed by atoms with E-state index in [1.165, 1.54) is 0 Å². The van der Waals surface area contributed by atoms with Crippen LogP contribution >= 0.6 is 0 Å². The van der Waals surface area contributed by atoms with Crippen LogP contribution in [0.3, 0.4) is 0 Å². The van der Waals surface area contributed by atoms with E-state index in [9.17, 15) is 0 Å². The Morgan fingerprint density at radius 2 is 0.889 bits per heavy atom. The van der Waals surface area contributed by atoms with E-state index in [1.54, 1.807) is 41.5 Å². The maximum absolute atomic E-state index is 8.44. The molecule has 2 N–H and O–H groups in total. The second-order valence-corrected chi connectivity index (χ2v) is 5.02. The molecule has 0 aliphatic carbocycles. The third-order valence-electron chi connectivity index (χ3n) is 0.548. The van der Waals surface area contributed by atoms with E-state index in [2.05, 4.69) is 9.78 Å². The van der Waals surface area contributed by atoms with Crippen LogP contribution in [0.2, 0.25) is 0 Å². The molecule has 0 radical (unpaired) electrons. The minimum Gasteiger partial charge on any atom is -0.784 e. The molecule has 0 heterocycles. The molecule has 0 aromatic heterocycles. The van der Waals surface area contributed by atoms with E-state index in [0.29, 0.717) is 0 Å². The first-order chi connectivity index (χ1) is 6.85. The molecule has 102 valence electrons. The zero-order chi connectivity index (χ0) is 14.0. The van der Waals surface area contributed by atoms with Crippen molar-refractivity contribution in [2.24, 2.45) is 0 Å². The molecule has 0 aliphatic heterocycles. The fourth-order valence-electron chi connectivity index (χ4n) is 0. The van der Waals surface area contributed by atoms with Crippen LogP contribution < -0.4 is 59.1 Å². The average molecular weight is 306 g/mol. The molecule has 18 heavy (non-hydrogen) atoms. The first kappa shape index (κ1) is 32.0. The second-order valence-electron chi connectivity index (χ2n) is 4.61. The van der Waals surface area contributed by atoms with Gasteiger partial charge >= 0.3 is 59.1 Å². The number of hydrogen-bond acceptors (Lipinski definition) is 7. The van der Waals surface area contributed by atoms with Crippen molar-refractivity contribution in [2.45, 2.75) is 52.7 Å². The van der Waals surface area contributed by atoms with Crippen molar-refractivity contribution in [2.75, 3.05) is 0 Å². The van der Waals surface area contributed by atoms with E-state index in [1.807, 2.05) is 0 Å². The van der Waals surface area contributed by atoms with Gasteiger partial charge in [-0.15, -0.1) is 11.4 Å². The first-order valence-electron chi connectivity index (χ1n) is 4.27. The van der Waals surface area contributed by atoms with Gasteiger partial charge in [-0.05, 0) is 41.5 Å². The molecule has 0 saturated heterocycles. The molecule has 0 rings (SSSR count). The summed E-state index contributed by atoms with van der Waals surface area (Å²) >= 11 is -3.11. The Labute approximate surface area is 155 Å². The predicted molar refractivity (Wildman–Crippen MR) is 56.6 cm³/mol. The summed E-state index contributed by atoms with van der Waals surface area (Å²) in [6, 6.07) is 0.